The number of nitrogens with one attached hydrogen (secondary N) is 1. The van der Waals surface area contributed by atoms with E-state index >= 15 is 0 Å². The number of para-hydroxylation sites is 1. The molecule has 2 heterocycles. The third-order valence-electron chi connectivity index (χ3n) is 4.80. The number of nitrogens with zero attached hydrogens (tertiary/aromatic N) is 1. The predicted octanol–water partition coefficient (Wildman–Crippen LogP) is 4.46. The Kier molecular flexibility index (Phi) is 4.18. The van der Waals surface area contributed by atoms with E-state index in [4.69, 9.17) is 11.6 Å². The third kappa shape index (κ3) is 2.56. The maximum Gasteiger partial charge on any atom is 0.299 e. The normalized spacial score (nSPS) is 16.1. The molecule has 1 N–H and O–H groups in total. The fraction of sp³-hybridized carbons (Fsp3) is 0.190. The van der Waals surface area contributed by atoms with E-state index in [0.717, 1.165) is 22.2 Å². The van der Waals surface area contributed by atoms with Crippen LogP contribution in [0.4, 0.5) is 4.39 Å². The third-order valence-corrected chi connectivity index (χ3v) is 5.13. The maximum absolute atomic E-state index is 14.7. The molecule has 0 radical (unpaired) electrons. The van der Waals surface area contributed by atoms with Gasteiger partial charge in [0.25, 0.3) is 5.91 Å². The summed E-state index contributed by atoms with van der Waals surface area (Å²) in [5.41, 5.74) is 3.16. The SMILES string of the molecule is CC#CC(=O)N1CCc2c([nH]c3ccccc23)C1c1c(F)cccc1Cl. The molecule has 3 aromatic rings. The largest absolute Gasteiger partial charge is 0.356 e. The zero-order valence-corrected chi connectivity index (χ0v) is 14.9. The van der Waals surface area contributed by atoms with Gasteiger partial charge in [-0.15, -0.1) is 0 Å². The summed E-state index contributed by atoms with van der Waals surface area (Å²) in [6, 6.07) is 11.9. The van der Waals surface area contributed by atoms with Crippen LogP contribution in [0.2, 0.25) is 5.02 Å². The molecule has 130 valence electrons. The standard InChI is InChI=1S/C21H16ClFN2O/c1-2-6-18(26)25-12-11-14-13-7-3-4-10-17(13)24-20(14)21(25)19-15(22)8-5-9-16(19)23/h3-5,7-10,21,24H,11-12H2,1H3. The van der Waals surface area contributed by atoms with Crippen molar-refractivity contribution in [1.29, 1.82) is 0 Å². The number of benzene rings is 2. The van der Waals surface area contributed by atoms with Crippen molar-refractivity contribution in [2.45, 2.75) is 19.4 Å². The van der Waals surface area contributed by atoms with E-state index in [-0.39, 0.29) is 5.91 Å². The molecule has 1 atom stereocenters. The van der Waals surface area contributed by atoms with E-state index in [1.807, 2.05) is 24.3 Å². The second-order valence-corrected chi connectivity index (χ2v) is 6.63. The van der Waals surface area contributed by atoms with E-state index in [2.05, 4.69) is 16.8 Å². The van der Waals surface area contributed by atoms with Gasteiger partial charge in [0, 0.05) is 33.7 Å². The van der Waals surface area contributed by atoms with Crippen molar-refractivity contribution in [3.63, 3.8) is 0 Å². The zero-order valence-electron chi connectivity index (χ0n) is 14.1. The van der Waals surface area contributed by atoms with Gasteiger partial charge in [-0.2, -0.15) is 0 Å². The summed E-state index contributed by atoms with van der Waals surface area (Å²) < 4.78 is 14.7. The minimum atomic E-state index is -0.631. The van der Waals surface area contributed by atoms with Crippen molar-refractivity contribution in [3.05, 3.63) is 70.1 Å². The summed E-state index contributed by atoms with van der Waals surface area (Å²) >= 11 is 6.35. The molecule has 1 aliphatic rings. The molecule has 5 heteroatoms. The van der Waals surface area contributed by atoms with Gasteiger partial charge >= 0.3 is 0 Å². The summed E-state index contributed by atoms with van der Waals surface area (Å²) in [5, 5.41) is 1.39. The first-order valence-electron chi connectivity index (χ1n) is 8.38. The topological polar surface area (TPSA) is 36.1 Å². The summed E-state index contributed by atoms with van der Waals surface area (Å²) in [6.45, 7) is 2.07. The van der Waals surface area contributed by atoms with Gasteiger partial charge in [0.05, 0.1) is 0 Å². The molecule has 4 rings (SSSR count). The number of carbonyl (C=O) groups excluding carboxylic acids is 1. The molecule has 1 aliphatic heterocycles. The van der Waals surface area contributed by atoms with Crippen molar-refractivity contribution in [2.24, 2.45) is 0 Å². The molecule has 0 aliphatic carbocycles. The van der Waals surface area contributed by atoms with Gasteiger partial charge in [-0.25, -0.2) is 4.39 Å². The Bertz CT molecular complexity index is 1060. The van der Waals surface area contributed by atoms with E-state index in [0.29, 0.717) is 23.6 Å². The Morgan fingerprint density at radius 3 is 2.85 bits per heavy atom. The zero-order chi connectivity index (χ0) is 18.3. The van der Waals surface area contributed by atoms with Crippen molar-refractivity contribution >= 4 is 28.4 Å². The fourth-order valence-electron chi connectivity index (χ4n) is 3.71. The van der Waals surface area contributed by atoms with Gasteiger partial charge in [0.15, 0.2) is 0 Å². The molecular weight excluding hydrogens is 351 g/mol. The number of aromatic amines is 1. The summed E-state index contributed by atoms with van der Waals surface area (Å²) in [5.74, 6) is 4.45. The molecule has 0 saturated carbocycles. The molecule has 1 unspecified atom stereocenters. The van der Waals surface area contributed by atoms with Crippen LogP contribution in [0.3, 0.4) is 0 Å². The van der Waals surface area contributed by atoms with E-state index in [1.54, 1.807) is 24.0 Å². The van der Waals surface area contributed by atoms with Crippen LogP contribution < -0.4 is 0 Å². The van der Waals surface area contributed by atoms with Gasteiger partial charge in [0.2, 0.25) is 0 Å². The van der Waals surface area contributed by atoms with Gasteiger partial charge in [-0.1, -0.05) is 41.8 Å². The molecule has 26 heavy (non-hydrogen) atoms. The highest BCUT2D eigenvalue weighted by atomic mass is 35.5. The Balaban J connectivity index is 1.98. The first-order chi connectivity index (χ1) is 12.6. The van der Waals surface area contributed by atoms with Crippen LogP contribution in [0.25, 0.3) is 10.9 Å². The highest BCUT2D eigenvalue weighted by molar-refractivity contribution is 6.31. The van der Waals surface area contributed by atoms with Crippen LogP contribution in [0.1, 0.15) is 29.8 Å². The van der Waals surface area contributed by atoms with E-state index in [1.165, 1.54) is 6.07 Å². The number of aromatic nitrogens is 1. The number of carbonyl (C=O) groups is 1. The molecule has 0 spiro atoms. The number of amides is 1. The number of H-pyrrole nitrogens is 1. The average Bonchev–Trinajstić information content (AvgIpc) is 3.01. The number of fused-ring (bicyclic) bond motifs is 3. The lowest BCUT2D eigenvalue weighted by Crippen LogP contribution is -2.40. The Morgan fingerprint density at radius 2 is 2.08 bits per heavy atom. The van der Waals surface area contributed by atoms with Gasteiger partial charge < -0.3 is 9.88 Å². The Hall–Kier alpha value is -2.77. The molecule has 1 aromatic heterocycles. The highest BCUT2D eigenvalue weighted by Gasteiger charge is 2.36. The summed E-state index contributed by atoms with van der Waals surface area (Å²) in [4.78, 5) is 17.6. The maximum atomic E-state index is 14.7. The van der Waals surface area contributed by atoms with Gasteiger partial charge in [-0.05, 0) is 43.0 Å². The molecule has 1 amide bonds. The molecule has 0 fully saturated rings. The van der Waals surface area contributed by atoms with Crippen molar-refractivity contribution < 1.29 is 9.18 Å². The molecule has 2 aromatic carbocycles. The summed E-state index contributed by atoms with van der Waals surface area (Å²) in [7, 11) is 0. The van der Waals surface area contributed by atoms with Crippen LogP contribution >= 0.6 is 11.6 Å². The van der Waals surface area contributed by atoms with Crippen LogP contribution in [0.5, 0.6) is 0 Å². The van der Waals surface area contributed by atoms with E-state index < -0.39 is 11.9 Å². The first kappa shape index (κ1) is 16.7. The van der Waals surface area contributed by atoms with Crippen LogP contribution in [0, 0.1) is 17.7 Å². The highest BCUT2D eigenvalue weighted by Crippen LogP contribution is 2.41. The molecular formula is C21H16ClFN2O. The van der Waals surface area contributed by atoms with Crippen molar-refractivity contribution in [3.8, 4) is 11.8 Å². The minimum Gasteiger partial charge on any atom is -0.356 e. The van der Waals surface area contributed by atoms with Gasteiger partial charge in [0.1, 0.15) is 11.9 Å². The quantitative estimate of drug-likeness (QED) is 0.634. The Morgan fingerprint density at radius 1 is 1.27 bits per heavy atom. The number of halogens is 2. The summed E-state index contributed by atoms with van der Waals surface area (Å²) in [6.07, 6.45) is 0.680. The molecule has 3 nitrogen and oxygen atoms in total. The van der Waals surface area contributed by atoms with Crippen LogP contribution in [-0.4, -0.2) is 22.3 Å². The lowest BCUT2D eigenvalue weighted by atomic mass is 9.92. The first-order valence-corrected chi connectivity index (χ1v) is 8.76. The van der Waals surface area contributed by atoms with Crippen LogP contribution in [-0.2, 0) is 11.2 Å². The second kappa shape index (κ2) is 6.51. The number of rotatable bonds is 1. The minimum absolute atomic E-state index is 0.295. The lowest BCUT2D eigenvalue weighted by molar-refractivity contribution is -0.127. The van der Waals surface area contributed by atoms with Crippen molar-refractivity contribution in [2.75, 3.05) is 6.54 Å². The average molecular weight is 367 g/mol. The molecule has 0 saturated heterocycles. The van der Waals surface area contributed by atoms with Crippen molar-refractivity contribution in [1.82, 2.24) is 9.88 Å². The predicted molar refractivity (Wildman–Crippen MR) is 100 cm³/mol. The fourth-order valence-corrected chi connectivity index (χ4v) is 3.98. The number of hydrogen-bond donors (Lipinski definition) is 1. The monoisotopic (exact) mass is 366 g/mol. The van der Waals surface area contributed by atoms with Crippen LogP contribution in [0.15, 0.2) is 42.5 Å². The number of hydrogen-bond acceptors (Lipinski definition) is 1. The molecule has 0 bridgehead atoms. The smallest absolute Gasteiger partial charge is 0.299 e. The van der Waals surface area contributed by atoms with E-state index in [9.17, 15) is 9.18 Å². The van der Waals surface area contributed by atoms with Gasteiger partial charge in [-0.3, -0.25) is 4.79 Å². The second-order valence-electron chi connectivity index (χ2n) is 6.22. The Labute approximate surface area is 155 Å². The lowest BCUT2D eigenvalue weighted by Gasteiger charge is -2.35.